The van der Waals surface area contributed by atoms with Gasteiger partial charge in [0.15, 0.2) is 6.61 Å². The number of ether oxygens (including phenoxy) is 1. The highest BCUT2D eigenvalue weighted by Gasteiger charge is 2.14. The van der Waals surface area contributed by atoms with Crippen molar-refractivity contribution in [3.05, 3.63) is 51.5 Å². The van der Waals surface area contributed by atoms with Crippen LogP contribution in [0.5, 0.6) is 0 Å². The summed E-state index contributed by atoms with van der Waals surface area (Å²) in [5, 5.41) is 2.73. The number of benzene rings is 1. The summed E-state index contributed by atoms with van der Waals surface area (Å²) in [6.07, 6.45) is 1.09. The molecule has 0 aliphatic rings. The second-order valence-electron chi connectivity index (χ2n) is 5.62. The normalized spacial score (nSPS) is 10.5. The molecule has 0 aliphatic heterocycles. The van der Waals surface area contributed by atoms with Gasteiger partial charge < -0.3 is 9.64 Å². The Labute approximate surface area is 146 Å². The molecule has 0 saturated carbocycles. The van der Waals surface area contributed by atoms with Gasteiger partial charge in [-0.2, -0.15) is 0 Å². The number of carbonyl (C=O) groups is 2. The minimum atomic E-state index is -0.436. The number of rotatable bonds is 7. The van der Waals surface area contributed by atoms with Crippen molar-refractivity contribution in [1.82, 2.24) is 9.88 Å². The fraction of sp³-hybridized carbons (Fsp3) is 0.389. The molecule has 1 aromatic heterocycles. The van der Waals surface area contributed by atoms with Crippen molar-refractivity contribution in [3.63, 3.8) is 0 Å². The first-order valence-electron chi connectivity index (χ1n) is 7.86. The van der Waals surface area contributed by atoms with Gasteiger partial charge in [0.05, 0.1) is 17.1 Å². The predicted molar refractivity (Wildman–Crippen MR) is 93.8 cm³/mol. The van der Waals surface area contributed by atoms with E-state index in [1.54, 1.807) is 11.9 Å². The molecule has 0 N–H and O–H groups in total. The average molecular weight is 346 g/mol. The van der Waals surface area contributed by atoms with Gasteiger partial charge >= 0.3 is 5.97 Å². The van der Waals surface area contributed by atoms with Gasteiger partial charge in [-0.25, -0.2) is 4.98 Å². The van der Waals surface area contributed by atoms with Crippen LogP contribution in [0.1, 0.15) is 28.8 Å². The number of hydrogen-bond acceptors (Lipinski definition) is 5. The van der Waals surface area contributed by atoms with E-state index in [0.29, 0.717) is 12.2 Å². The molecule has 128 valence electrons. The summed E-state index contributed by atoms with van der Waals surface area (Å²) in [5.74, 6) is -0.660. The van der Waals surface area contributed by atoms with E-state index in [2.05, 4.69) is 24.0 Å². The number of amides is 1. The van der Waals surface area contributed by atoms with E-state index in [-0.39, 0.29) is 18.9 Å². The maximum atomic E-state index is 12.1. The summed E-state index contributed by atoms with van der Waals surface area (Å²) in [6, 6.07) is 8.14. The molecule has 1 aromatic carbocycles. The highest BCUT2D eigenvalue weighted by Crippen LogP contribution is 2.10. The number of nitrogens with zero attached hydrogens (tertiary/aromatic N) is 2. The maximum Gasteiger partial charge on any atom is 0.312 e. The van der Waals surface area contributed by atoms with Gasteiger partial charge in [-0.15, -0.1) is 11.3 Å². The number of hydrogen-bond donors (Lipinski definition) is 0. The van der Waals surface area contributed by atoms with Crippen molar-refractivity contribution in [3.8, 4) is 0 Å². The lowest BCUT2D eigenvalue weighted by Gasteiger charge is -2.17. The smallest absolute Gasteiger partial charge is 0.312 e. The van der Waals surface area contributed by atoms with Crippen LogP contribution in [0.3, 0.4) is 0 Å². The van der Waals surface area contributed by atoms with Crippen LogP contribution >= 0.6 is 11.3 Å². The highest BCUT2D eigenvalue weighted by molar-refractivity contribution is 7.09. The zero-order valence-electron chi connectivity index (χ0n) is 14.2. The quantitative estimate of drug-likeness (QED) is 0.723. The van der Waals surface area contributed by atoms with Crippen LogP contribution in [0.25, 0.3) is 0 Å². The molecular weight excluding hydrogens is 324 g/mol. The van der Waals surface area contributed by atoms with Crippen molar-refractivity contribution < 1.29 is 14.3 Å². The number of carbonyl (C=O) groups excluding carboxylic acids is 2. The maximum absolute atomic E-state index is 12.1. The van der Waals surface area contributed by atoms with Crippen LogP contribution in [0, 0.1) is 6.92 Å². The Morgan fingerprint density at radius 3 is 2.46 bits per heavy atom. The Hall–Kier alpha value is -2.21. The third-order valence-corrected chi connectivity index (χ3v) is 4.45. The fourth-order valence-electron chi connectivity index (χ4n) is 2.18. The van der Waals surface area contributed by atoms with Gasteiger partial charge in [0.25, 0.3) is 5.91 Å². The molecule has 0 bridgehead atoms. The molecule has 2 aromatic rings. The summed E-state index contributed by atoms with van der Waals surface area (Å²) in [6.45, 7) is 4.23. The average Bonchev–Trinajstić information content (AvgIpc) is 2.98. The molecule has 0 radical (unpaired) electrons. The van der Waals surface area contributed by atoms with E-state index in [4.69, 9.17) is 4.74 Å². The van der Waals surface area contributed by atoms with Crippen LogP contribution in [0.2, 0.25) is 0 Å². The molecular formula is C18H22N2O3S. The second kappa shape index (κ2) is 8.59. The van der Waals surface area contributed by atoms with Gasteiger partial charge in [0, 0.05) is 19.0 Å². The van der Waals surface area contributed by atoms with E-state index in [9.17, 15) is 9.59 Å². The molecule has 0 spiro atoms. The lowest BCUT2D eigenvalue weighted by atomic mass is 10.1. The Bertz CT molecular complexity index is 695. The van der Waals surface area contributed by atoms with Crippen molar-refractivity contribution >= 4 is 23.2 Å². The fourth-order valence-corrected chi connectivity index (χ4v) is 2.80. The Morgan fingerprint density at radius 1 is 1.21 bits per heavy atom. The van der Waals surface area contributed by atoms with Gasteiger partial charge in [0.2, 0.25) is 0 Å². The van der Waals surface area contributed by atoms with E-state index >= 15 is 0 Å². The molecule has 0 unspecified atom stereocenters. The molecule has 0 saturated heterocycles. The van der Waals surface area contributed by atoms with Crippen LogP contribution in [0.15, 0.2) is 29.6 Å². The van der Waals surface area contributed by atoms with Crippen LogP contribution in [0.4, 0.5) is 0 Å². The topological polar surface area (TPSA) is 59.5 Å². The van der Waals surface area contributed by atoms with Crippen LogP contribution in [-0.2, 0) is 33.7 Å². The zero-order valence-corrected chi connectivity index (χ0v) is 15.1. The van der Waals surface area contributed by atoms with Gasteiger partial charge in [-0.1, -0.05) is 31.2 Å². The standard InChI is InChI=1S/C18H22N2O3S/c1-4-14-5-7-15(8-6-14)10-20(3)17(21)11-23-18(22)9-16-12-24-13(2)19-16/h5-8,12H,4,9-11H2,1-3H3. The third-order valence-electron chi connectivity index (χ3n) is 3.63. The summed E-state index contributed by atoms with van der Waals surface area (Å²) >= 11 is 1.49. The number of aryl methyl sites for hydroxylation is 2. The molecule has 2 rings (SSSR count). The Kier molecular flexibility index (Phi) is 6.49. The van der Waals surface area contributed by atoms with E-state index in [1.165, 1.54) is 16.9 Å². The Morgan fingerprint density at radius 2 is 1.88 bits per heavy atom. The highest BCUT2D eigenvalue weighted by atomic mass is 32.1. The van der Waals surface area contributed by atoms with Gasteiger partial charge in [-0.05, 0) is 24.5 Å². The summed E-state index contributed by atoms with van der Waals surface area (Å²) in [5.41, 5.74) is 2.99. The first-order chi connectivity index (χ1) is 11.5. The van der Waals surface area contributed by atoms with Gasteiger partial charge in [0.1, 0.15) is 0 Å². The Balaban J connectivity index is 1.77. The lowest BCUT2D eigenvalue weighted by Crippen LogP contribution is -2.31. The monoisotopic (exact) mass is 346 g/mol. The number of likely N-dealkylation sites (N-methyl/N-ethyl adjacent to an activating group) is 1. The number of thiazole rings is 1. The minimum absolute atomic E-state index is 0.0970. The zero-order chi connectivity index (χ0) is 17.5. The first kappa shape index (κ1) is 18.1. The van der Waals surface area contributed by atoms with Crippen molar-refractivity contribution in [2.45, 2.75) is 33.2 Å². The molecule has 1 heterocycles. The summed E-state index contributed by atoms with van der Waals surface area (Å²) < 4.78 is 5.05. The molecule has 1 amide bonds. The molecule has 0 fully saturated rings. The number of aromatic nitrogens is 1. The predicted octanol–water partition coefficient (Wildman–Crippen LogP) is 2.76. The minimum Gasteiger partial charge on any atom is -0.455 e. The van der Waals surface area contributed by atoms with Crippen molar-refractivity contribution in [2.75, 3.05) is 13.7 Å². The lowest BCUT2D eigenvalue weighted by molar-refractivity contribution is -0.151. The molecule has 5 nitrogen and oxygen atoms in total. The number of esters is 1. The van der Waals surface area contributed by atoms with Crippen molar-refractivity contribution in [1.29, 1.82) is 0 Å². The molecule has 6 heteroatoms. The summed E-state index contributed by atoms with van der Waals surface area (Å²) in [7, 11) is 1.70. The molecule has 24 heavy (non-hydrogen) atoms. The second-order valence-corrected chi connectivity index (χ2v) is 6.68. The van der Waals surface area contributed by atoms with Gasteiger partial charge in [-0.3, -0.25) is 9.59 Å². The molecule has 0 atom stereocenters. The first-order valence-corrected chi connectivity index (χ1v) is 8.74. The van der Waals surface area contributed by atoms with E-state index in [1.807, 2.05) is 24.4 Å². The van der Waals surface area contributed by atoms with Crippen LogP contribution in [-0.4, -0.2) is 35.4 Å². The van der Waals surface area contributed by atoms with Crippen molar-refractivity contribution in [2.24, 2.45) is 0 Å². The SMILES string of the molecule is CCc1ccc(CN(C)C(=O)COC(=O)Cc2csc(C)n2)cc1. The van der Waals surface area contributed by atoms with E-state index < -0.39 is 5.97 Å². The van der Waals surface area contributed by atoms with Crippen LogP contribution < -0.4 is 0 Å². The van der Waals surface area contributed by atoms with E-state index in [0.717, 1.165) is 17.0 Å². The third kappa shape index (κ3) is 5.45. The summed E-state index contributed by atoms with van der Waals surface area (Å²) in [4.78, 5) is 29.6. The largest absolute Gasteiger partial charge is 0.455 e. The molecule has 0 aliphatic carbocycles.